The highest BCUT2D eigenvalue weighted by molar-refractivity contribution is 5.17. The maximum Gasteiger partial charge on any atom is 0.159 e. The Bertz CT molecular complexity index is 413. The van der Waals surface area contributed by atoms with Crippen LogP contribution >= 0.6 is 0 Å². The zero-order valence-corrected chi connectivity index (χ0v) is 10.5. The Hall–Kier alpha value is -0.960. The molecule has 0 aliphatic heterocycles. The third-order valence-corrected chi connectivity index (χ3v) is 4.15. The quantitative estimate of drug-likeness (QED) is 0.816. The summed E-state index contributed by atoms with van der Waals surface area (Å²) in [6, 6.07) is 4.13. The van der Waals surface area contributed by atoms with E-state index in [2.05, 4.69) is 5.32 Å². The lowest BCUT2D eigenvalue weighted by Crippen LogP contribution is -2.25. The Kier molecular flexibility index (Phi) is 3.33. The standard InChI is InChI=1S/C15H19F2N/c16-14-6-1-10(7-15(14)17)8-18-9-13(11-2-3-11)12-4-5-12/h1,6-7,11-13,18H,2-5,8-9H2. The van der Waals surface area contributed by atoms with Gasteiger partial charge in [-0.3, -0.25) is 0 Å². The van der Waals surface area contributed by atoms with Crippen molar-refractivity contribution in [3.8, 4) is 0 Å². The van der Waals surface area contributed by atoms with E-state index >= 15 is 0 Å². The van der Waals surface area contributed by atoms with E-state index in [0.717, 1.165) is 29.9 Å². The Morgan fingerprint density at radius 3 is 2.28 bits per heavy atom. The number of hydrogen-bond acceptors (Lipinski definition) is 1. The molecule has 0 amide bonds. The second-order valence-corrected chi connectivity index (χ2v) is 5.72. The molecule has 0 heterocycles. The smallest absolute Gasteiger partial charge is 0.159 e. The lowest BCUT2D eigenvalue weighted by Gasteiger charge is -2.16. The largest absolute Gasteiger partial charge is 0.312 e. The van der Waals surface area contributed by atoms with Crippen LogP contribution in [0.3, 0.4) is 0 Å². The molecule has 1 N–H and O–H groups in total. The van der Waals surface area contributed by atoms with Crippen LogP contribution in [0, 0.1) is 29.4 Å². The average Bonchev–Trinajstić information content (AvgIpc) is 3.22. The lowest BCUT2D eigenvalue weighted by atomic mass is 9.98. The predicted molar refractivity (Wildman–Crippen MR) is 67.0 cm³/mol. The zero-order chi connectivity index (χ0) is 12.5. The summed E-state index contributed by atoms with van der Waals surface area (Å²) in [5.41, 5.74) is 0.819. The summed E-state index contributed by atoms with van der Waals surface area (Å²) in [5, 5.41) is 3.40. The Balaban J connectivity index is 1.49. The fourth-order valence-corrected chi connectivity index (χ4v) is 2.80. The molecule has 0 unspecified atom stereocenters. The van der Waals surface area contributed by atoms with Crippen LogP contribution in [0.5, 0.6) is 0 Å². The summed E-state index contributed by atoms with van der Waals surface area (Å²) in [7, 11) is 0. The maximum atomic E-state index is 13.0. The van der Waals surface area contributed by atoms with Gasteiger partial charge in [-0.05, 0) is 67.7 Å². The van der Waals surface area contributed by atoms with Crippen LogP contribution in [0.2, 0.25) is 0 Å². The molecule has 1 aromatic carbocycles. The molecule has 3 heteroatoms. The van der Waals surface area contributed by atoms with Gasteiger partial charge in [0.05, 0.1) is 0 Å². The minimum Gasteiger partial charge on any atom is -0.312 e. The molecule has 0 aromatic heterocycles. The van der Waals surface area contributed by atoms with Crippen LogP contribution in [0.4, 0.5) is 8.78 Å². The minimum atomic E-state index is -0.771. The van der Waals surface area contributed by atoms with Gasteiger partial charge < -0.3 is 5.32 Å². The van der Waals surface area contributed by atoms with E-state index in [4.69, 9.17) is 0 Å². The summed E-state index contributed by atoms with van der Waals surface area (Å²) in [6.45, 7) is 1.65. The molecule has 2 saturated carbocycles. The van der Waals surface area contributed by atoms with E-state index in [9.17, 15) is 8.78 Å². The van der Waals surface area contributed by atoms with Crippen molar-refractivity contribution in [2.24, 2.45) is 17.8 Å². The number of rotatable bonds is 6. The minimum absolute atomic E-state index is 0.632. The van der Waals surface area contributed by atoms with Crippen LogP contribution in [-0.4, -0.2) is 6.54 Å². The van der Waals surface area contributed by atoms with Gasteiger partial charge in [0, 0.05) is 6.54 Å². The Morgan fingerprint density at radius 1 is 1.06 bits per heavy atom. The highest BCUT2D eigenvalue weighted by atomic mass is 19.2. The van der Waals surface area contributed by atoms with Gasteiger partial charge in [0.2, 0.25) is 0 Å². The first kappa shape index (κ1) is 12.1. The summed E-state index contributed by atoms with van der Waals surface area (Å²) >= 11 is 0. The first-order chi connectivity index (χ1) is 8.74. The third kappa shape index (κ3) is 2.89. The Labute approximate surface area is 107 Å². The third-order valence-electron chi connectivity index (χ3n) is 4.15. The van der Waals surface area contributed by atoms with Gasteiger partial charge in [0.25, 0.3) is 0 Å². The van der Waals surface area contributed by atoms with E-state index in [-0.39, 0.29) is 0 Å². The van der Waals surface area contributed by atoms with Crippen molar-refractivity contribution < 1.29 is 8.78 Å². The average molecular weight is 251 g/mol. The van der Waals surface area contributed by atoms with E-state index in [1.807, 2.05) is 0 Å². The molecule has 2 aliphatic carbocycles. The van der Waals surface area contributed by atoms with Gasteiger partial charge in [-0.1, -0.05) is 6.07 Å². The van der Waals surface area contributed by atoms with Crippen LogP contribution in [0.15, 0.2) is 18.2 Å². The molecule has 0 saturated heterocycles. The van der Waals surface area contributed by atoms with Crippen molar-refractivity contribution >= 4 is 0 Å². The number of halogens is 2. The van der Waals surface area contributed by atoms with Crippen molar-refractivity contribution in [3.63, 3.8) is 0 Å². The molecule has 0 radical (unpaired) electrons. The van der Waals surface area contributed by atoms with Crippen molar-refractivity contribution in [1.82, 2.24) is 5.32 Å². The van der Waals surface area contributed by atoms with Gasteiger partial charge in [-0.25, -0.2) is 8.78 Å². The fourth-order valence-electron chi connectivity index (χ4n) is 2.80. The van der Waals surface area contributed by atoms with Crippen LogP contribution < -0.4 is 5.32 Å². The normalized spacial score (nSPS) is 19.5. The summed E-state index contributed by atoms with van der Waals surface area (Å²) in [6.07, 6.45) is 5.53. The molecule has 2 aliphatic rings. The van der Waals surface area contributed by atoms with E-state index in [1.54, 1.807) is 6.07 Å². The SMILES string of the molecule is Fc1ccc(CNCC(C2CC2)C2CC2)cc1F. The number of benzene rings is 1. The lowest BCUT2D eigenvalue weighted by molar-refractivity contribution is 0.378. The highest BCUT2D eigenvalue weighted by Crippen LogP contribution is 2.48. The van der Waals surface area contributed by atoms with Crippen LogP contribution in [0.1, 0.15) is 31.2 Å². The van der Waals surface area contributed by atoms with Crippen LogP contribution in [0.25, 0.3) is 0 Å². The molecule has 3 rings (SSSR count). The van der Waals surface area contributed by atoms with Crippen molar-refractivity contribution in [2.75, 3.05) is 6.54 Å². The summed E-state index contributed by atoms with van der Waals surface area (Å²) in [4.78, 5) is 0. The van der Waals surface area contributed by atoms with Crippen molar-refractivity contribution in [2.45, 2.75) is 32.2 Å². The molecule has 2 fully saturated rings. The summed E-state index contributed by atoms with van der Waals surface area (Å²) in [5.74, 6) is 1.14. The first-order valence-corrected chi connectivity index (χ1v) is 6.88. The van der Waals surface area contributed by atoms with Gasteiger partial charge in [0.15, 0.2) is 11.6 Å². The molecular formula is C15H19F2N. The van der Waals surface area contributed by atoms with Gasteiger partial charge in [0.1, 0.15) is 0 Å². The Morgan fingerprint density at radius 2 is 1.72 bits per heavy atom. The molecule has 18 heavy (non-hydrogen) atoms. The maximum absolute atomic E-state index is 13.0. The van der Waals surface area contributed by atoms with Crippen molar-refractivity contribution in [3.05, 3.63) is 35.4 Å². The molecule has 0 spiro atoms. The van der Waals surface area contributed by atoms with Gasteiger partial charge in [-0.15, -0.1) is 0 Å². The van der Waals surface area contributed by atoms with E-state index < -0.39 is 11.6 Å². The molecule has 1 nitrogen and oxygen atoms in total. The highest BCUT2D eigenvalue weighted by Gasteiger charge is 2.40. The van der Waals surface area contributed by atoms with Crippen LogP contribution in [-0.2, 0) is 6.54 Å². The van der Waals surface area contributed by atoms with Crippen molar-refractivity contribution in [1.29, 1.82) is 0 Å². The number of hydrogen-bond donors (Lipinski definition) is 1. The van der Waals surface area contributed by atoms with E-state index in [0.29, 0.717) is 6.54 Å². The monoisotopic (exact) mass is 251 g/mol. The fraction of sp³-hybridized carbons (Fsp3) is 0.600. The first-order valence-electron chi connectivity index (χ1n) is 6.88. The molecular weight excluding hydrogens is 232 g/mol. The summed E-state index contributed by atoms with van der Waals surface area (Å²) < 4.78 is 25.8. The van der Waals surface area contributed by atoms with Gasteiger partial charge >= 0.3 is 0 Å². The second-order valence-electron chi connectivity index (χ2n) is 5.72. The predicted octanol–water partition coefficient (Wildman–Crippen LogP) is 3.49. The number of nitrogens with one attached hydrogen (secondary N) is 1. The molecule has 98 valence electrons. The second kappa shape index (κ2) is 4.96. The molecule has 0 atom stereocenters. The zero-order valence-electron chi connectivity index (χ0n) is 10.5. The topological polar surface area (TPSA) is 12.0 Å². The van der Waals surface area contributed by atoms with Gasteiger partial charge in [-0.2, -0.15) is 0 Å². The molecule has 0 bridgehead atoms. The van der Waals surface area contributed by atoms with E-state index in [1.165, 1.54) is 37.8 Å². The molecule has 1 aromatic rings.